The molecule has 0 bridgehead atoms. The Balaban J connectivity index is 2.40. The van der Waals surface area contributed by atoms with Crippen molar-refractivity contribution in [2.24, 2.45) is 5.92 Å². The number of hydrogen-bond acceptors (Lipinski definition) is 3. The van der Waals surface area contributed by atoms with Gasteiger partial charge in [0.25, 0.3) is 0 Å². The third-order valence-electron chi connectivity index (χ3n) is 3.58. The molecule has 3 heteroatoms. The predicted molar refractivity (Wildman–Crippen MR) is 68.8 cm³/mol. The van der Waals surface area contributed by atoms with Gasteiger partial charge in [0.05, 0.1) is 12.7 Å². The minimum absolute atomic E-state index is 0.396. The van der Waals surface area contributed by atoms with Crippen LogP contribution in [0, 0.1) is 5.92 Å². The van der Waals surface area contributed by atoms with Crippen LogP contribution in [0.5, 0.6) is 0 Å². The number of morpholine rings is 1. The molecule has 1 saturated heterocycles. The normalized spacial score (nSPS) is 26.6. The standard InChI is InChI=1S/C13H28N2O/c1-5-11(3)13(14-6-2)10-15-7-8-16-12(4)9-15/h11-14H,5-10H2,1-4H3. The Bertz CT molecular complexity index is 187. The van der Waals surface area contributed by atoms with Crippen LogP contribution in [-0.4, -0.2) is 49.8 Å². The molecule has 1 aliphatic rings. The molecule has 0 saturated carbocycles. The third-order valence-corrected chi connectivity index (χ3v) is 3.58. The summed E-state index contributed by atoms with van der Waals surface area (Å²) in [6.07, 6.45) is 1.64. The van der Waals surface area contributed by atoms with E-state index in [-0.39, 0.29) is 0 Å². The van der Waals surface area contributed by atoms with E-state index in [0.29, 0.717) is 12.1 Å². The van der Waals surface area contributed by atoms with Crippen molar-refractivity contribution in [3.05, 3.63) is 0 Å². The molecule has 1 rings (SSSR count). The molecule has 3 unspecified atom stereocenters. The predicted octanol–water partition coefficient (Wildman–Crippen LogP) is 1.73. The van der Waals surface area contributed by atoms with Crippen LogP contribution < -0.4 is 5.32 Å². The first-order chi connectivity index (χ1) is 7.67. The van der Waals surface area contributed by atoms with E-state index in [1.807, 2.05) is 0 Å². The fourth-order valence-electron chi connectivity index (χ4n) is 2.33. The highest BCUT2D eigenvalue weighted by atomic mass is 16.5. The zero-order valence-corrected chi connectivity index (χ0v) is 11.3. The van der Waals surface area contributed by atoms with Gasteiger partial charge in [-0.15, -0.1) is 0 Å². The average Bonchev–Trinajstić information content (AvgIpc) is 2.27. The summed E-state index contributed by atoms with van der Waals surface area (Å²) in [5, 5.41) is 3.61. The van der Waals surface area contributed by atoms with E-state index in [0.717, 1.165) is 38.7 Å². The second-order valence-corrected chi connectivity index (χ2v) is 4.99. The van der Waals surface area contributed by atoms with Gasteiger partial charge in [0.15, 0.2) is 0 Å². The fraction of sp³-hybridized carbons (Fsp3) is 1.00. The van der Waals surface area contributed by atoms with Gasteiger partial charge in [-0.25, -0.2) is 0 Å². The summed E-state index contributed by atoms with van der Waals surface area (Å²) in [7, 11) is 0. The van der Waals surface area contributed by atoms with E-state index in [4.69, 9.17) is 4.74 Å². The van der Waals surface area contributed by atoms with Crippen LogP contribution >= 0.6 is 0 Å². The Labute approximate surface area is 101 Å². The van der Waals surface area contributed by atoms with Gasteiger partial charge in [-0.05, 0) is 19.4 Å². The Kier molecular flexibility index (Phi) is 6.32. The molecule has 1 N–H and O–H groups in total. The highest BCUT2D eigenvalue weighted by Gasteiger charge is 2.22. The van der Waals surface area contributed by atoms with Gasteiger partial charge in [-0.3, -0.25) is 4.90 Å². The van der Waals surface area contributed by atoms with Crippen molar-refractivity contribution in [3.8, 4) is 0 Å². The lowest BCUT2D eigenvalue weighted by molar-refractivity contribution is -0.0227. The summed E-state index contributed by atoms with van der Waals surface area (Å²) < 4.78 is 5.57. The Morgan fingerprint density at radius 2 is 2.19 bits per heavy atom. The summed E-state index contributed by atoms with van der Waals surface area (Å²) in [6, 6.07) is 0.625. The fourth-order valence-corrected chi connectivity index (χ4v) is 2.33. The maximum absolute atomic E-state index is 5.57. The molecule has 0 aromatic rings. The molecule has 0 aromatic heterocycles. The van der Waals surface area contributed by atoms with Gasteiger partial charge in [0.2, 0.25) is 0 Å². The zero-order valence-electron chi connectivity index (χ0n) is 11.3. The van der Waals surface area contributed by atoms with E-state index in [2.05, 4.69) is 37.9 Å². The summed E-state index contributed by atoms with van der Waals surface area (Å²) in [5.74, 6) is 0.748. The van der Waals surface area contributed by atoms with E-state index in [1.54, 1.807) is 0 Å². The molecule has 3 nitrogen and oxygen atoms in total. The third kappa shape index (κ3) is 4.40. The molecule has 3 atom stereocenters. The zero-order chi connectivity index (χ0) is 12.0. The lowest BCUT2D eigenvalue weighted by atomic mass is 9.98. The SMILES string of the molecule is CCNC(CN1CCOC(C)C1)C(C)CC. The van der Waals surface area contributed by atoms with Crippen molar-refractivity contribution in [2.45, 2.75) is 46.3 Å². The molecule has 1 fully saturated rings. The molecule has 0 aromatic carbocycles. The van der Waals surface area contributed by atoms with E-state index in [1.165, 1.54) is 6.42 Å². The number of nitrogens with zero attached hydrogens (tertiary/aromatic N) is 1. The van der Waals surface area contributed by atoms with Gasteiger partial charge < -0.3 is 10.1 Å². The second kappa shape index (κ2) is 7.25. The maximum atomic E-state index is 5.57. The van der Waals surface area contributed by atoms with Crippen molar-refractivity contribution in [1.82, 2.24) is 10.2 Å². The molecule has 0 aliphatic carbocycles. The van der Waals surface area contributed by atoms with E-state index in [9.17, 15) is 0 Å². The maximum Gasteiger partial charge on any atom is 0.0674 e. The molecule has 0 radical (unpaired) electrons. The van der Waals surface area contributed by atoms with Crippen LogP contribution in [0.25, 0.3) is 0 Å². The highest BCUT2D eigenvalue weighted by molar-refractivity contribution is 4.79. The molecule has 0 spiro atoms. The lowest BCUT2D eigenvalue weighted by Gasteiger charge is -2.35. The summed E-state index contributed by atoms with van der Waals surface area (Å²) >= 11 is 0. The van der Waals surface area contributed by atoms with Crippen molar-refractivity contribution in [3.63, 3.8) is 0 Å². The van der Waals surface area contributed by atoms with Crippen molar-refractivity contribution in [1.29, 1.82) is 0 Å². The average molecular weight is 228 g/mol. The van der Waals surface area contributed by atoms with E-state index < -0.39 is 0 Å². The minimum atomic E-state index is 0.396. The first-order valence-corrected chi connectivity index (χ1v) is 6.74. The quantitative estimate of drug-likeness (QED) is 0.749. The summed E-state index contributed by atoms with van der Waals surface area (Å²) in [4.78, 5) is 2.54. The number of ether oxygens (including phenoxy) is 1. The van der Waals surface area contributed by atoms with Crippen molar-refractivity contribution < 1.29 is 4.74 Å². The first-order valence-electron chi connectivity index (χ1n) is 6.74. The number of nitrogens with one attached hydrogen (secondary N) is 1. The molecule has 96 valence electrons. The number of rotatable bonds is 6. The molecule has 16 heavy (non-hydrogen) atoms. The number of likely N-dealkylation sites (N-methyl/N-ethyl adjacent to an activating group) is 1. The van der Waals surface area contributed by atoms with Gasteiger partial charge in [-0.2, -0.15) is 0 Å². The molecule has 1 aliphatic heterocycles. The van der Waals surface area contributed by atoms with Gasteiger partial charge >= 0.3 is 0 Å². The highest BCUT2D eigenvalue weighted by Crippen LogP contribution is 2.12. The monoisotopic (exact) mass is 228 g/mol. The van der Waals surface area contributed by atoms with Gasteiger partial charge in [-0.1, -0.05) is 27.2 Å². The van der Waals surface area contributed by atoms with Crippen LogP contribution in [0.4, 0.5) is 0 Å². The summed E-state index contributed by atoms with van der Waals surface area (Å²) in [6.45, 7) is 14.3. The van der Waals surface area contributed by atoms with Crippen LogP contribution in [0.2, 0.25) is 0 Å². The Morgan fingerprint density at radius 1 is 1.44 bits per heavy atom. The van der Waals surface area contributed by atoms with Crippen molar-refractivity contribution >= 4 is 0 Å². The van der Waals surface area contributed by atoms with Crippen LogP contribution in [0.1, 0.15) is 34.1 Å². The number of hydrogen-bond donors (Lipinski definition) is 1. The molecule has 0 amide bonds. The van der Waals surface area contributed by atoms with Gasteiger partial charge in [0.1, 0.15) is 0 Å². The Hall–Kier alpha value is -0.120. The van der Waals surface area contributed by atoms with Crippen LogP contribution in [0.3, 0.4) is 0 Å². The topological polar surface area (TPSA) is 24.5 Å². The summed E-state index contributed by atoms with van der Waals surface area (Å²) in [5.41, 5.74) is 0. The van der Waals surface area contributed by atoms with Crippen molar-refractivity contribution in [2.75, 3.05) is 32.8 Å². The molecular weight excluding hydrogens is 200 g/mol. The van der Waals surface area contributed by atoms with E-state index >= 15 is 0 Å². The largest absolute Gasteiger partial charge is 0.376 e. The molecular formula is C13H28N2O. The molecule has 1 heterocycles. The van der Waals surface area contributed by atoms with Gasteiger partial charge in [0, 0.05) is 25.7 Å². The second-order valence-electron chi connectivity index (χ2n) is 4.99. The first kappa shape index (κ1) is 13.9. The van der Waals surface area contributed by atoms with Crippen LogP contribution in [-0.2, 0) is 4.74 Å². The lowest BCUT2D eigenvalue weighted by Crippen LogP contribution is -2.50. The van der Waals surface area contributed by atoms with Crippen LogP contribution in [0.15, 0.2) is 0 Å². The minimum Gasteiger partial charge on any atom is -0.376 e. The Morgan fingerprint density at radius 3 is 2.75 bits per heavy atom. The smallest absolute Gasteiger partial charge is 0.0674 e.